The van der Waals surface area contributed by atoms with E-state index in [1.54, 1.807) is 6.92 Å². The Morgan fingerprint density at radius 2 is 1.65 bits per heavy atom. The number of hydrogen-bond acceptors (Lipinski definition) is 3. The van der Waals surface area contributed by atoms with Crippen molar-refractivity contribution in [3.63, 3.8) is 0 Å². The fourth-order valence-corrected chi connectivity index (χ4v) is 4.67. The summed E-state index contributed by atoms with van der Waals surface area (Å²) >= 11 is 0. The number of carbonyl (C=O) groups excluding carboxylic acids is 1. The predicted octanol–water partition coefficient (Wildman–Crippen LogP) is 3.83. The lowest BCUT2D eigenvalue weighted by molar-refractivity contribution is -0.114. The second-order valence-electron chi connectivity index (χ2n) is 8.69. The summed E-state index contributed by atoms with van der Waals surface area (Å²) in [7, 11) is 0. The average molecular weight is 358 g/mol. The number of nitrogens with one attached hydrogen (secondary N) is 1. The lowest BCUT2D eigenvalue weighted by Gasteiger charge is -2.35. The van der Waals surface area contributed by atoms with E-state index in [1.807, 2.05) is 12.1 Å². The van der Waals surface area contributed by atoms with E-state index < -0.39 is 0 Å². The van der Waals surface area contributed by atoms with Crippen molar-refractivity contribution >= 4 is 11.6 Å². The molecule has 1 amide bonds. The molecule has 2 saturated heterocycles. The van der Waals surface area contributed by atoms with Gasteiger partial charge in [-0.1, -0.05) is 26.0 Å². The molecule has 144 valence electrons. The van der Waals surface area contributed by atoms with Crippen LogP contribution in [-0.4, -0.2) is 48.4 Å². The van der Waals surface area contributed by atoms with E-state index >= 15 is 0 Å². The summed E-state index contributed by atoms with van der Waals surface area (Å²) in [4.78, 5) is 16.4. The number of hydrogen-bond donors (Lipinski definition) is 1. The molecule has 2 heterocycles. The van der Waals surface area contributed by atoms with Crippen molar-refractivity contribution in [2.24, 2.45) is 17.8 Å². The predicted molar refractivity (Wildman–Crippen MR) is 108 cm³/mol. The first-order valence-corrected chi connectivity index (χ1v) is 10.3. The zero-order chi connectivity index (χ0) is 18.5. The molecule has 2 aliphatic rings. The summed E-state index contributed by atoms with van der Waals surface area (Å²) in [5, 5.41) is 2.83. The Morgan fingerprint density at radius 3 is 2.27 bits per heavy atom. The molecule has 4 heteroatoms. The van der Waals surface area contributed by atoms with E-state index in [0.29, 0.717) is 0 Å². The van der Waals surface area contributed by atoms with E-state index in [2.05, 4.69) is 41.1 Å². The lowest BCUT2D eigenvalue weighted by Crippen LogP contribution is -2.38. The maximum Gasteiger partial charge on any atom is 0.221 e. The van der Waals surface area contributed by atoms with Gasteiger partial charge in [0, 0.05) is 32.2 Å². The Labute approximate surface area is 158 Å². The number of carbonyl (C=O) groups is 1. The molecule has 26 heavy (non-hydrogen) atoms. The zero-order valence-corrected chi connectivity index (χ0v) is 16.7. The molecule has 0 aliphatic carbocycles. The molecule has 1 N–H and O–H groups in total. The van der Waals surface area contributed by atoms with Crippen LogP contribution in [0.3, 0.4) is 0 Å². The molecule has 2 fully saturated rings. The number of nitrogens with zero attached hydrogens (tertiary/aromatic N) is 2. The van der Waals surface area contributed by atoms with Crippen LogP contribution in [0.1, 0.15) is 45.6 Å². The summed E-state index contributed by atoms with van der Waals surface area (Å²) in [6, 6.07) is 8.30. The molecular formula is C22H35N3O. The van der Waals surface area contributed by atoms with Crippen LogP contribution in [0.2, 0.25) is 0 Å². The Morgan fingerprint density at radius 1 is 1.04 bits per heavy atom. The molecule has 2 aliphatic heterocycles. The van der Waals surface area contributed by atoms with E-state index in [4.69, 9.17) is 0 Å². The lowest BCUT2D eigenvalue weighted by atomic mass is 9.83. The van der Waals surface area contributed by atoms with Crippen LogP contribution in [0.5, 0.6) is 0 Å². The van der Waals surface area contributed by atoms with Crippen molar-refractivity contribution in [2.45, 2.75) is 46.6 Å². The van der Waals surface area contributed by atoms with E-state index in [-0.39, 0.29) is 5.91 Å². The molecular weight excluding hydrogens is 322 g/mol. The van der Waals surface area contributed by atoms with Gasteiger partial charge in [-0.15, -0.1) is 0 Å². The molecule has 0 bridgehead atoms. The molecule has 0 spiro atoms. The van der Waals surface area contributed by atoms with Crippen LogP contribution in [-0.2, 0) is 11.3 Å². The van der Waals surface area contributed by atoms with Crippen molar-refractivity contribution < 1.29 is 4.79 Å². The quantitative estimate of drug-likeness (QED) is 0.840. The maximum absolute atomic E-state index is 11.1. The smallest absolute Gasteiger partial charge is 0.221 e. The summed E-state index contributed by atoms with van der Waals surface area (Å²) in [6.45, 7) is 13.6. The highest BCUT2D eigenvalue weighted by Gasteiger charge is 2.31. The van der Waals surface area contributed by atoms with E-state index in [9.17, 15) is 4.79 Å². The topological polar surface area (TPSA) is 35.6 Å². The number of rotatable bonds is 6. The molecule has 1 atom stereocenters. The molecule has 0 saturated carbocycles. The van der Waals surface area contributed by atoms with Gasteiger partial charge in [0.15, 0.2) is 0 Å². The normalized spacial score (nSPS) is 22.8. The van der Waals surface area contributed by atoms with Crippen LogP contribution in [0.15, 0.2) is 24.3 Å². The fraction of sp³-hybridized carbons (Fsp3) is 0.682. The molecule has 0 radical (unpaired) electrons. The molecule has 1 aromatic rings. The van der Waals surface area contributed by atoms with Crippen molar-refractivity contribution in [1.29, 1.82) is 0 Å². The highest BCUT2D eigenvalue weighted by Crippen LogP contribution is 2.32. The average Bonchev–Trinajstić information content (AvgIpc) is 3.05. The minimum absolute atomic E-state index is 0.0143. The van der Waals surface area contributed by atoms with Crippen LogP contribution in [0, 0.1) is 17.8 Å². The molecule has 3 rings (SSSR count). The monoisotopic (exact) mass is 357 g/mol. The number of likely N-dealkylation sites (tertiary alicyclic amines) is 2. The second-order valence-corrected chi connectivity index (χ2v) is 8.69. The van der Waals surface area contributed by atoms with Gasteiger partial charge in [0.05, 0.1) is 0 Å². The first kappa shape index (κ1) is 19.4. The molecule has 1 aromatic carbocycles. The second kappa shape index (κ2) is 9.01. The Bertz CT molecular complexity index is 576. The summed E-state index contributed by atoms with van der Waals surface area (Å²) in [6.07, 6.45) is 4.13. The highest BCUT2D eigenvalue weighted by molar-refractivity contribution is 5.88. The number of amides is 1. The van der Waals surface area contributed by atoms with Gasteiger partial charge < -0.3 is 10.2 Å². The largest absolute Gasteiger partial charge is 0.326 e. The van der Waals surface area contributed by atoms with Gasteiger partial charge in [-0.05, 0) is 74.3 Å². The number of piperidine rings is 1. The molecule has 1 unspecified atom stereocenters. The molecule has 0 aromatic heterocycles. The van der Waals surface area contributed by atoms with Gasteiger partial charge in [-0.25, -0.2) is 0 Å². The summed E-state index contributed by atoms with van der Waals surface area (Å²) in [5.74, 6) is 2.57. The van der Waals surface area contributed by atoms with Gasteiger partial charge in [0.2, 0.25) is 5.91 Å². The van der Waals surface area contributed by atoms with Crippen molar-refractivity contribution in [3.8, 4) is 0 Å². The SMILES string of the molecule is CC(=O)Nc1ccc(CN2CCC(C3CCN(CC(C)C)CC3)C2)cc1. The third-order valence-corrected chi connectivity index (χ3v) is 5.91. The highest BCUT2D eigenvalue weighted by atomic mass is 16.1. The van der Waals surface area contributed by atoms with Crippen molar-refractivity contribution in [3.05, 3.63) is 29.8 Å². The maximum atomic E-state index is 11.1. The van der Waals surface area contributed by atoms with E-state index in [0.717, 1.165) is 30.0 Å². The first-order chi connectivity index (χ1) is 12.5. The van der Waals surface area contributed by atoms with Crippen LogP contribution >= 0.6 is 0 Å². The Hall–Kier alpha value is -1.39. The number of anilines is 1. The van der Waals surface area contributed by atoms with Gasteiger partial charge in [-0.2, -0.15) is 0 Å². The summed E-state index contributed by atoms with van der Waals surface area (Å²) in [5.41, 5.74) is 2.22. The minimum Gasteiger partial charge on any atom is -0.326 e. The summed E-state index contributed by atoms with van der Waals surface area (Å²) < 4.78 is 0. The zero-order valence-electron chi connectivity index (χ0n) is 16.7. The minimum atomic E-state index is -0.0143. The Kier molecular flexibility index (Phi) is 6.71. The standard InChI is InChI=1S/C22H35N3O/c1-17(2)14-24-11-8-20(9-12-24)21-10-13-25(16-21)15-19-4-6-22(7-5-19)23-18(3)26/h4-7,17,20-21H,8-16H2,1-3H3,(H,23,26). The van der Waals surface area contributed by atoms with Gasteiger partial charge in [0.25, 0.3) is 0 Å². The van der Waals surface area contributed by atoms with Crippen LogP contribution in [0.4, 0.5) is 5.69 Å². The van der Waals surface area contributed by atoms with Crippen molar-refractivity contribution in [2.75, 3.05) is 38.0 Å². The third-order valence-electron chi connectivity index (χ3n) is 5.91. The van der Waals surface area contributed by atoms with Gasteiger partial charge in [0.1, 0.15) is 0 Å². The van der Waals surface area contributed by atoms with Crippen molar-refractivity contribution in [1.82, 2.24) is 9.80 Å². The molecule has 4 nitrogen and oxygen atoms in total. The van der Waals surface area contributed by atoms with Gasteiger partial charge in [-0.3, -0.25) is 9.69 Å². The Balaban J connectivity index is 1.43. The number of benzene rings is 1. The van der Waals surface area contributed by atoms with E-state index in [1.165, 1.54) is 57.5 Å². The van der Waals surface area contributed by atoms with Crippen LogP contribution in [0.25, 0.3) is 0 Å². The third kappa shape index (κ3) is 5.55. The fourth-order valence-electron chi connectivity index (χ4n) is 4.67. The first-order valence-electron chi connectivity index (χ1n) is 10.3. The van der Waals surface area contributed by atoms with Gasteiger partial charge >= 0.3 is 0 Å². The van der Waals surface area contributed by atoms with Crippen LogP contribution < -0.4 is 5.32 Å².